The number of benzene rings is 1. The number of rotatable bonds is 9. The third-order valence-electron chi connectivity index (χ3n) is 2.62. The molecule has 0 aliphatic rings. The van der Waals surface area contributed by atoms with Crippen LogP contribution in [0.15, 0.2) is 24.3 Å². The number of ether oxygens (including phenoxy) is 3. The van der Waals surface area contributed by atoms with Gasteiger partial charge in [0.05, 0.1) is 13.2 Å². The molecule has 1 N–H and O–H groups in total. The monoisotopic (exact) mass is 303 g/mol. The number of para-hydroxylation sites is 1. The van der Waals surface area contributed by atoms with Crippen molar-refractivity contribution >= 4 is 5.97 Å². The molecule has 0 radical (unpaired) electrons. The summed E-state index contributed by atoms with van der Waals surface area (Å²) in [6, 6.07) is 5.22. The molecule has 0 fully saturated rings. The van der Waals surface area contributed by atoms with Crippen LogP contribution in [0.4, 0.5) is 8.78 Å². The maximum atomic E-state index is 12.4. The molecule has 1 aromatic rings. The van der Waals surface area contributed by atoms with Crippen LogP contribution in [0, 0.1) is 0 Å². The van der Waals surface area contributed by atoms with Crippen LogP contribution in [0.3, 0.4) is 0 Å². The largest absolute Gasteiger partial charge is 0.465 e. The molecule has 1 rings (SSSR count). The molecule has 7 heteroatoms. The van der Waals surface area contributed by atoms with Gasteiger partial charge in [-0.25, -0.2) is 4.79 Å². The fourth-order valence-electron chi connectivity index (χ4n) is 1.77. The summed E-state index contributed by atoms with van der Waals surface area (Å²) in [5.74, 6) is -0.616. The van der Waals surface area contributed by atoms with Gasteiger partial charge >= 0.3 is 12.6 Å². The Kier molecular flexibility index (Phi) is 7.63. The minimum atomic E-state index is -2.96. The second-order valence-corrected chi connectivity index (χ2v) is 4.05. The number of methoxy groups -OCH3 is 1. The van der Waals surface area contributed by atoms with Gasteiger partial charge in [0.15, 0.2) is 0 Å². The van der Waals surface area contributed by atoms with Crippen molar-refractivity contribution < 1.29 is 27.8 Å². The Bertz CT molecular complexity index is 443. The van der Waals surface area contributed by atoms with E-state index >= 15 is 0 Å². The number of carbonyl (C=O) groups is 1. The van der Waals surface area contributed by atoms with Gasteiger partial charge in [-0.3, -0.25) is 5.32 Å². The van der Waals surface area contributed by atoms with Gasteiger partial charge in [-0.2, -0.15) is 8.78 Å². The fraction of sp³-hybridized carbons (Fsp3) is 0.500. The normalized spacial score (nSPS) is 12.2. The molecule has 0 spiro atoms. The van der Waals surface area contributed by atoms with E-state index in [0.717, 1.165) is 0 Å². The maximum absolute atomic E-state index is 12.4. The molecule has 0 amide bonds. The first-order valence-corrected chi connectivity index (χ1v) is 6.52. The fourth-order valence-corrected chi connectivity index (χ4v) is 1.77. The lowest BCUT2D eigenvalue weighted by molar-refractivity contribution is -0.146. The summed E-state index contributed by atoms with van der Waals surface area (Å²) in [6.07, 6.45) is 0. The van der Waals surface area contributed by atoms with Crippen molar-refractivity contribution in [1.29, 1.82) is 0 Å². The van der Waals surface area contributed by atoms with Crippen molar-refractivity contribution in [2.75, 3.05) is 26.9 Å². The lowest BCUT2D eigenvalue weighted by atomic mass is 10.1. The zero-order valence-corrected chi connectivity index (χ0v) is 12.0. The molecule has 0 bridgehead atoms. The summed E-state index contributed by atoms with van der Waals surface area (Å²) in [4.78, 5) is 12.0. The Hall–Kier alpha value is -1.73. The highest BCUT2D eigenvalue weighted by atomic mass is 19.3. The second-order valence-electron chi connectivity index (χ2n) is 4.05. The standard InChI is InChI=1S/C14H19F2NO4/c1-3-20-13(18)12(17-8-9-19-2)10-6-4-5-7-11(10)21-14(15)16/h4-7,12,14,17H,3,8-9H2,1-2H3. The van der Waals surface area contributed by atoms with Crippen molar-refractivity contribution in [3.8, 4) is 5.75 Å². The van der Waals surface area contributed by atoms with E-state index in [1.165, 1.54) is 13.2 Å². The minimum absolute atomic E-state index is 0.0598. The summed E-state index contributed by atoms with van der Waals surface area (Å²) in [7, 11) is 1.52. The van der Waals surface area contributed by atoms with Crippen LogP contribution < -0.4 is 10.1 Å². The van der Waals surface area contributed by atoms with E-state index in [2.05, 4.69) is 10.1 Å². The molecule has 0 aliphatic heterocycles. The van der Waals surface area contributed by atoms with Gasteiger partial charge in [0.1, 0.15) is 11.8 Å². The van der Waals surface area contributed by atoms with E-state index in [1.807, 2.05) is 0 Å². The summed E-state index contributed by atoms with van der Waals surface area (Å²) in [5.41, 5.74) is 0.298. The second kappa shape index (κ2) is 9.25. The highest BCUT2D eigenvalue weighted by molar-refractivity contribution is 5.78. The third-order valence-corrected chi connectivity index (χ3v) is 2.62. The van der Waals surface area contributed by atoms with Crippen LogP contribution >= 0.6 is 0 Å². The lowest BCUT2D eigenvalue weighted by Gasteiger charge is -2.20. The highest BCUT2D eigenvalue weighted by Gasteiger charge is 2.25. The van der Waals surface area contributed by atoms with Crippen LogP contribution in [-0.4, -0.2) is 39.4 Å². The Morgan fingerprint density at radius 3 is 2.67 bits per heavy atom. The Labute approximate surface area is 122 Å². The van der Waals surface area contributed by atoms with Crippen LogP contribution in [-0.2, 0) is 14.3 Å². The van der Waals surface area contributed by atoms with E-state index in [1.54, 1.807) is 25.1 Å². The molecular formula is C14H19F2NO4. The predicted molar refractivity (Wildman–Crippen MR) is 72.3 cm³/mol. The highest BCUT2D eigenvalue weighted by Crippen LogP contribution is 2.27. The van der Waals surface area contributed by atoms with Gasteiger partial charge in [-0.15, -0.1) is 0 Å². The number of alkyl halides is 2. The summed E-state index contributed by atoms with van der Waals surface area (Å²) in [6.45, 7) is -0.366. The summed E-state index contributed by atoms with van der Waals surface area (Å²) in [5, 5.41) is 2.91. The molecule has 0 aromatic heterocycles. The quantitative estimate of drug-likeness (QED) is 0.559. The molecule has 1 unspecified atom stereocenters. The molecule has 21 heavy (non-hydrogen) atoms. The van der Waals surface area contributed by atoms with Gasteiger partial charge in [-0.05, 0) is 13.0 Å². The zero-order valence-electron chi connectivity index (χ0n) is 12.0. The number of hydrogen-bond acceptors (Lipinski definition) is 5. The molecule has 0 heterocycles. The van der Waals surface area contributed by atoms with Gasteiger partial charge in [0, 0.05) is 19.2 Å². The lowest BCUT2D eigenvalue weighted by Crippen LogP contribution is -2.33. The maximum Gasteiger partial charge on any atom is 0.387 e. The summed E-state index contributed by atoms with van der Waals surface area (Å²) < 4.78 is 39.2. The van der Waals surface area contributed by atoms with Crippen LogP contribution in [0.5, 0.6) is 5.75 Å². The van der Waals surface area contributed by atoms with Gasteiger partial charge < -0.3 is 14.2 Å². The third kappa shape index (κ3) is 5.65. The molecule has 1 atom stereocenters. The van der Waals surface area contributed by atoms with Crippen LogP contribution in [0.2, 0.25) is 0 Å². The summed E-state index contributed by atoms with van der Waals surface area (Å²) >= 11 is 0. The first-order chi connectivity index (χ1) is 10.1. The van der Waals surface area contributed by atoms with Crippen LogP contribution in [0.25, 0.3) is 0 Å². The number of esters is 1. The van der Waals surface area contributed by atoms with Crippen molar-refractivity contribution in [1.82, 2.24) is 5.32 Å². The molecule has 5 nitrogen and oxygen atoms in total. The number of nitrogens with one attached hydrogen (secondary N) is 1. The molecule has 0 saturated heterocycles. The average molecular weight is 303 g/mol. The molecule has 0 aliphatic carbocycles. The number of hydrogen-bond donors (Lipinski definition) is 1. The molecule has 0 saturated carbocycles. The van der Waals surface area contributed by atoms with Gasteiger partial charge in [0.25, 0.3) is 0 Å². The zero-order chi connectivity index (χ0) is 15.7. The Morgan fingerprint density at radius 1 is 1.33 bits per heavy atom. The van der Waals surface area contributed by atoms with Crippen LogP contribution in [0.1, 0.15) is 18.5 Å². The molecule has 1 aromatic carbocycles. The Balaban J connectivity index is 2.97. The van der Waals surface area contributed by atoms with Crippen molar-refractivity contribution in [3.05, 3.63) is 29.8 Å². The SMILES string of the molecule is CCOC(=O)C(NCCOC)c1ccccc1OC(F)F. The predicted octanol–water partition coefficient (Wildman–Crippen LogP) is 2.13. The minimum Gasteiger partial charge on any atom is -0.465 e. The van der Waals surface area contributed by atoms with Gasteiger partial charge in [-0.1, -0.05) is 18.2 Å². The number of carbonyl (C=O) groups excluding carboxylic acids is 1. The first-order valence-electron chi connectivity index (χ1n) is 6.52. The van der Waals surface area contributed by atoms with Crippen molar-refractivity contribution in [2.24, 2.45) is 0 Å². The first kappa shape index (κ1) is 17.3. The molecule has 118 valence electrons. The van der Waals surface area contributed by atoms with E-state index in [0.29, 0.717) is 18.7 Å². The Morgan fingerprint density at radius 2 is 2.05 bits per heavy atom. The van der Waals surface area contributed by atoms with E-state index < -0.39 is 18.6 Å². The van der Waals surface area contributed by atoms with Crippen molar-refractivity contribution in [2.45, 2.75) is 19.6 Å². The average Bonchev–Trinajstić information content (AvgIpc) is 2.44. The van der Waals surface area contributed by atoms with Gasteiger partial charge in [0.2, 0.25) is 0 Å². The van der Waals surface area contributed by atoms with E-state index in [9.17, 15) is 13.6 Å². The topological polar surface area (TPSA) is 56.8 Å². The number of halogens is 2. The van der Waals surface area contributed by atoms with E-state index in [4.69, 9.17) is 9.47 Å². The molecular weight excluding hydrogens is 284 g/mol. The van der Waals surface area contributed by atoms with E-state index in [-0.39, 0.29) is 12.4 Å². The van der Waals surface area contributed by atoms with Crippen molar-refractivity contribution in [3.63, 3.8) is 0 Å². The smallest absolute Gasteiger partial charge is 0.387 e.